The summed E-state index contributed by atoms with van der Waals surface area (Å²) in [7, 11) is 0. The molecule has 0 saturated carbocycles. The third kappa shape index (κ3) is 4.32. The Kier molecular flexibility index (Phi) is 5.14. The van der Waals surface area contributed by atoms with Gasteiger partial charge in [0.2, 0.25) is 0 Å². The molecule has 1 aromatic rings. The summed E-state index contributed by atoms with van der Waals surface area (Å²) in [6, 6.07) is 5.70. The Morgan fingerprint density at radius 1 is 1.50 bits per heavy atom. The zero-order chi connectivity index (χ0) is 10.2. The smallest absolute Gasteiger partial charge is 0.0594 e. The zero-order valence-electron chi connectivity index (χ0n) is 8.19. The summed E-state index contributed by atoms with van der Waals surface area (Å²) in [6.07, 6.45) is 2.67. The van der Waals surface area contributed by atoms with Gasteiger partial charge in [-0.05, 0) is 12.1 Å². The maximum atomic E-state index is 8.67. The Balaban J connectivity index is 2.10. The van der Waals surface area contributed by atoms with Crippen LogP contribution in [0.1, 0.15) is 5.69 Å². The van der Waals surface area contributed by atoms with Gasteiger partial charge in [0.05, 0.1) is 6.61 Å². The van der Waals surface area contributed by atoms with Gasteiger partial charge in [0, 0.05) is 37.4 Å². The number of pyridine rings is 1. The highest BCUT2D eigenvalue weighted by molar-refractivity contribution is 5.03. The van der Waals surface area contributed by atoms with Gasteiger partial charge in [-0.15, -0.1) is 0 Å². The summed E-state index contributed by atoms with van der Waals surface area (Å²) in [6.45, 7) is 1.50. The first kappa shape index (κ1) is 11.1. The Labute approximate surface area is 84.2 Å². The van der Waals surface area contributed by atoms with Crippen LogP contribution in [0.5, 0.6) is 0 Å². The lowest BCUT2D eigenvalue weighted by molar-refractivity contribution is 0.262. The summed E-state index contributed by atoms with van der Waals surface area (Å²) in [5.74, 6) is 0. The molecular weight excluding hydrogens is 178 g/mol. The number of nitrogens with two attached hydrogens (primary N) is 1. The van der Waals surface area contributed by atoms with Gasteiger partial charge in [-0.3, -0.25) is 4.98 Å². The van der Waals surface area contributed by atoms with Gasteiger partial charge >= 0.3 is 0 Å². The third-order valence-corrected chi connectivity index (χ3v) is 1.93. The van der Waals surface area contributed by atoms with Crippen LogP contribution in [0.4, 0.5) is 0 Å². The second-order valence-corrected chi connectivity index (χ2v) is 3.22. The van der Waals surface area contributed by atoms with Crippen molar-refractivity contribution in [3.63, 3.8) is 0 Å². The number of hydrogen-bond donors (Lipinski definition) is 3. The quantitative estimate of drug-likeness (QED) is 0.537. The first-order chi connectivity index (χ1) is 6.83. The molecule has 0 saturated heterocycles. The normalized spacial score (nSPS) is 12.7. The van der Waals surface area contributed by atoms with E-state index in [0.717, 1.165) is 18.7 Å². The molecule has 0 aliphatic carbocycles. The number of nitrogens with zero attached hydrogens (tertiary/aromatic N) is 1. The minimum atomic E-state index is -0.168. The molecule has 1 aromatic heterocycles. The summed E-state index contributed by atoms with van der Waals surface area (Å²) >= 11 is 0. The molecule has 78 valence electrons. The van der Waals surface area contributed by atoms with Crippen LogP contribution in [0.25, 0.3) is 0 Å². The molecule has 1 rings (SSSR count). The lowest BCUT2D eigenvalue weighted by atomic mass is 10.2. The average molecular weight is 195 g/mol. The van der Waals surface area contributed by atoms with Gasteiger partial charge < -0.3 is 16.2 Å². The van der Waals surface area contributed by atoms with Crippen LogP contribution in [0.15, 0.2) is 24.4 Å². The van der Waals surface area contributed by atoms with E-state index in [0.29, 0.717) is 6.54 Å². The van der Waals surface area contributed by atoms with Crippen LogP contribution in [-0.2, 0) is 6.42 Å². The monoisotopic (exact) mass is 195 g/mol. The fraction of sp³-hybridized carbons (Fsp3) is 0.500. The van der Waals surface area contributed by atoms with E-state index >= 15 is 0 Å². The molecule has 0 fully saturated rings. The SMILES string of the molecule is NC(CO)CNCCc1ccccn1. The Bertz CT molecular complexity index is 240. The summed E-state index contributed by atoms with van der Waals surface area (Å²) in [4.78, 5) is 4.19. The second-order valence-electron chi connectivity index (χ2n) is 3.22. The van der Waals surface area contributed by atoms with Crippen LogP contribution in [-0.4, -0.2) is 35.8 Å². The van der Waals surface area contributed by atoms with Crippen LogP contribution < -0.4 is 11.1 Å². The zero-order valence-corrected chi connectivity index (χ0v) is 8.19. The van der Waals surface area contributed by atoms with Crippen molar-refractivity contribution < 1.29 is 5.11 Å². The number of rotatable bonds is 6. The Hall–Kier alpha value is -0.970. The minimum absolute atomic E-state index is 0.0244. The maximum absolute atomic E-state index is 8.67. The van der Waals surface area contributed by atoms with Crippen molar-refractivity contribution in [3.05, 3.63) is 30.1 Å². The number of nitrogens with one attached hydrogen (secondary N) is 1. The summed E-state index contributed by atoms with van der Waals surface area (Å²) in [5, 5.41) is 11.8. The molecule has 4 N–H and O–H groups in total. The van der Waals surface area contributed by atoms with E-state index < -0.39 is 0 Å². The lowest BCUT2D eigenvalue weighted by Gasteiger charge is -2.08. The molecule has 1 unspecified atom stereocenters. The summed E-state index contributed by atoms with van der Waals surface area (Å²) < 4.78 is 0. The largest absolute Gasteiger partial charge is 0.395 e. The molecule has 1 heterocycles. The van der Waals surface area contributed by atoms with Crippen LogP contribution in [0, 0.1) is 0 Å². The van der Waals surface area contributed by atoms with Crippen molar-refractivity contribution in [3.8, 4) is 0 Å². The minimum Gasteiger partial charge on any atom is -0.395 e. The molecule has 4 heteroatoms. The summed E-state index contributed by atoms with van der Waals surface area (Å²) in [5.41, 5.74) is 6.59. The predicted molar refractivity (Wildman–Crippen MR) is 55.9 cm³/mol. The first-order valence-electron chi connectivity index (χ1n) is 4.80. The van der Waals surface area contributed by atoms with Gasteiger partial charge in [0.15, 0.2) is 0 Å². The van der Waals surface area contributed by atoms with Crippen molar-refractivity contribution in [2.75, 3.05) is 19.7 Å². The first-order valence-corrected chi connectivity index (χ1v) is 4.80. The predicted octanol–water partition coefficient (Wildman–Crippen LogP) is -0.467. The average Bonchev–Trinajstić information content (AvgIpc) is 2.25. The van der Waals surface area contributed by atoms with Gasteiger partial charge in [0.25, 0.3) is 0 Å². The van der Waals surface area contributed by atoms with Crippen molar-refractivity contribution in [1.29, 1.82) is 0 Å². The van der Waals surface area contributed by atoms with Crippen LogP contribution in [0.2, 0.25) is 0 Å². The fourth-order valence-electron chi connectivity index (χ4n) is 1.11. The van der Waals surface area contributed by atoms with Crippen LogP contribution in [0.3, 0.4) is 0 Å². The van der Waals surface area contributed by atoms with Crippen molar-refractivity contribution in [1.82, 2.24) is 10.3 Å². The van der Waals surface area contributed by atoms with Crippen molar-refractivity contribution >= 4 is 0 Å². The topological polar surface area (TPSA) is 71.2 Å². The number of aromatic nitrogens is 1. The van der Waals surface area contributed by atoms with E-state index in [1.54, 1.807) is 6.20 Å². The number of hydrogen-bond acceptors (Lipinski definition) is 4. The van der Waals surface area contributed by atoms with Crippen molar-refractivity contribution in [2.45, 2.75) is 12.5 Å². The Morgan fingerprint density at radius 2 is 2.36 bits per heavy atom. The molecule has 0 bridgehead atoms. The molecule has 14 heavy (non-hydrogen) atoms. The van der Waals surface area contributed by atoms with Gasteiger partial charge in [0.1, 0.15) is 0 Å². The van der Waals surface area contributed by atoms with Gasteiger partial charge in [-0.25, -0.2) is 0 Å². The maximum Gasteiger partial charge on any atom is 0.0594 e. The van der Waals surface area contributed by atoms with Gasteiger partial charge in [-0.2, -0.15) is 0 Å². The standard InChI is InChI=1S/C10H17N3O/c11-9(8-14)7-12-6-4-10-3-1-2-5-13-10/h1-3,5,9,12,14H,4,6-8,11H2. The van der Waals surface area contributed by atoms with E-state index in [1.807, 2.05) is 18.2 Å². The number of aliphatic hydroxyl groups is 1. The van der Waals surface area contributed by atoms with E-state index in [4.69, 9.17) is 10.8 Å². The molecule has 0 spiro atoms. The fourth-order valence-corrected chi connectivity index (χ4v) is 1.11. The molecule has 4 nitrogen and oxygen atoms in total. The molecule has 0 radical (unpaired) electrons. The van der Waals surface area contributed by atoms with E-state index in [9.17, 15) is 0 Å². The highest BCUT2D eigenvalue weighted by Crippen LogP contribution is 1.92. The molecule has 0 aromatic carbocycles. The van der Waals surface area contributed by atoms with E-state index in [1.165, 1.54) is 0 Å². The molecule has 0 aliphatic heterocycles. The lowest BCUT2D eigenvalue weighted by Crippen LogP contribution is -2.37. The highest BCUT2D eigenvalue weighted by atomic mass is 16.3. The van der Waals surface area contributed by atoms with E-state index in [2.05, 4.69) is 10.3 Å². The van der Waals surface area contributed by atoms with Crippen molar-refractivity contribution in [2.24, 2.45) is 5.73 Å². The third-order valence-electron chi connectivity index (χ3n) is 1.93. The van der Waals surface area contributed by atoms with E-state index in [-0.39, 0.29) is 12.6 Å². The van der Waals surface area contributed by atoms with Gasteiger partial charge in [-0.1, -0.05) is 6.07 Å². The van der Waals surface area contributed by atoms with Crippen LogP contribution >= 0.6 is 0 Å². The molecular formula is C10H17N3O. The molecule has 0 amide bonds. The number of aliphatic hydroxyl groups excluding tert-OH is 1. The second kappa shape index (κ2) is 6.48. The Morgan fingerprint density at radius 3 is 3.00 bits per heavy atom. The molecule has 1 atom stereocenters. The highest BCUT2D eigenvalue weighted by Gasteiger charge is 1.98. The molecule has 0 aliphatic rings.